The van der Waals surface area contributed by atoms with Gasteiger partial charge in [0, 0.05) is 15.4 Å². The van der Waals surface area contributed by atoms with Crippen molar-refractivity contribution in [2.75, 3.05) is 0 Å². The van der Waals surface area contributed by atoms with Crippen molar-refractivity contribution in [2.24, 2.45) is 0 Å². The maximum Gasteiger partial charge on any atom is 0.150 e. The Morgan fingerprint density at radius 2 is 1.75 bits per heavy atom. The predicted molar refractivity (Wildman–Crippen MR) is 64.1 cm³/mol. The molecule has 3 heteroatoms. The van der Waals surface area contributed by atoms with Crippen LogP contribution in [-0.2, 0) is 0 Å². The van der Waals surface area contributed by atoms with Crippen LogP contribution >= 0.6 is 11.8 Å². The summed E-state index contributed by atoms with van der Waals surface area (Å²) in [6, 6.07) is 14.4. The molecule has 0 saturated heterocycles. The zero-order chi connectivity index (χ0) is 11.4. The molecule has 0 amide bonds. The minimum absolute atomic E-state index is 0.256. The molecular formula is C13H10O2S. The number of aldehydes is 1. The Bertz CT molecular complexity index is 492. The van der Waals surface area contributed by atoms with Gasteiger partial charge in [0.15, 0.2) is 0 Å². The lowest BCUT2D eigenvalue weighted by Crippen LogP contribution is -1.79. The summed E-state index contributed by atoms with van der Waals surface area (Å²) >= 11 is 1.56. The average molecular weight is 230 g/mol. The Morgan fingerprint density at radius 3 is 2.44 bits per heavy atom. The molecule has 0 aliphatic heterocycles. The normalized spacial score (nSPS) is 10.0. The first-order valence-electron chi connectivity index (χ1n) is 4.80. The third-order valence-corrected chi connectivity index (χ3v) is 3.06. The molecule has 16 heavy (non-hydrogen) atoms. The number of rotatable bonds is 3. The minimum Gasteiger partial charge on any atom is -0.508 e. The maximum atomic E-state index is 10.6. The number of phenols is 1. The van der Waals surface area contributed by atoms with E-state index in [0.717, 1.165) is 16.1 Å². The van der Waals surface area contributed by atoms with Crippen molar-refractivity contribution in [1.29, 1.82) is 0 Å². The van der Waals surface area contributed by atoms with E-state index in [2.05, 4.69) is 0 Å². The van der Waals surface area contributed by atoms with Gasteiger partial charge in [-0.15, -0.1) is 0 Å². The molecule has 0 saturated carbocycles. The second kappa shape index (κ2) is 4.86. The van der Waals surface area contributed by atoms with Gasteiger partial charge in [-0.1, -0.05) is 23.9 Å². The number of carbonyl (C=O) groups excluding carboxylic acids is 1. The van der Waals surface area contributed by atoms with Gasteiger partial charge in [-0.05, 0) is 36.4 Å². The summed E-state index contributed by atoms with van der Waals surface area (Å²) in [5.74, 6) is 0.256. The van der Waals surface area contributed by atoms with Crippen molar-refractivity contribution in [1.82, 2.24) is 0 Å². The molecule has 0 unspecified atom stereocenters. The van der Waals surface area contributed by atoms with E-state index in [1.165, 1.54) is 0 Å². The summed E-state index contributed by atoms with van der Waals surface area (Å²) in [5, 5.41) is 9.15. The van der Waals surface area contributed by atoms with Crippen LogP contribution in [-0.4, -0.2) is 11.4 Å². The summed E-state index contributed by atoms with van der Waals surface area (Å²) < 4.78 is 0. The second-order valence-electron chi connectivity index (χ2n) is 3.29. The minimum atomic E-state index is 0.256. The quantitative estimate of drug-likeness (QED) is 0.821. The van der Waals surface area contributed by atoms with Gasteiger partial charge in [0.25, 0.3) is 0 Å². The molecule has 2 rings (SSSR count). The zero-order valence-corrected chi connectivity index (χ0v) is 9.28. The first-order chi connectivity index (χ1) is 7.78. The Morgan fingerprint density at radius 1 is 1.00 bits per heavy atom. The van der Waals surface area contributed by atoms with Crippen molar-refractivity contribution >= 4 is 18.0 Å². The first kappa shape index (κ1) is 10.8. The molecule has 0 aromatic heterocycles. The van der Waals surface area contributed by atoms with Crippen molar-refractivity contribution in [3.63, 3.8) is 0 Å². The number of hydrogen-bond acceptors (Lipinski definition) is 3. The number of aromatic hydroxyl groups is 1. The van der Waals surface area contributed by atoms with E-state index >= 15 is 0 Å². The monoisotopic (exact) mass is 230 g/mol. The highest BCUT2D eigenvalue weighted by Crippen LogP contribution is 2.28. The van der Waals surface area contributed by atoms with Crippen LogP contribution < -0.4 is 0 Å². The molecule has 0 spiro atoms. The van der Waals surface area contributed by atoms with Gasteiger partial charge in [0.2, 0.25) is 0 Å². The molecule has 2 nitrogen and oxygen atoms in total. The highest BCUT2D eigenvalue weighted by Gasteiger charge is 1.98. The van der Waals surface area contributed by atoms with Crippen molar-refractivity contribution in [3.05, 3.63) is 54.1 Å². The number of benzene rings is 2. The number of hydrogen-bond donors (Lipinski definition) is 1. The zero-order valence-electron chi connectivity index (χ0n) is 8.46. The largest absolute Gasteiger partial charge is 0.508 e. The fraction of sp³-hybridized carbons (Fsp3) is 0. The number of carbonyl (C=O) groups is 1. The Kier molecular flexibility index (Phi) is 3.27. The summed E-state index contributed by atoms with van der Waals surface area (Å²) in [6.45, 7) is 0. The van der Waals surface area contributed by atoms with E-state index in [-0.39, 0.29) is 5.75 Å². The van der Waals surface area contributed by atoms with Crippen LogP contribution in [0.3, 0.4) is 0 Å². The van der Waals surface area contributed by atoms with Gasteiger partial charge in [-0.3, -0.25) is 4.79 Å². The maximum absolute atomic E-state index is 10.6. The van der Waals surface area contributed by atoms with Crippen LogP contribution in [0, 0.1) is 0 Å². The predicted octanol–water partition coefficient (Wildman–Crippen LogP) is 3.36. The van der Waals surface area contributed by atoms with Gasteiger partial charge in [-0.2, -0.15) is 0 Å². The molecule has 2 aromatic carbocycles. The summed E-state index contributed by atoms with van der Waals surface area (Å²) in [7, 11) is 0. The molecule has 2 aromatic rings. The Balaban J connectivity index is 2.20. The highest BCUT2D eigenvalue weighted by atomic mass is 32.2. The SMILES string of the molecule is O=Cc1cccc(Sc2ccc(O)cc2)c1. The molecule has 0 fully saturated rings. The van der Waals surface area contributed by atoms with Crippen LogP contribution in [0.2, 0.25) is 0 Å². The molecule has 0 aliphatic carbocycles. The summed E-state index contributed by atoms with van der Waals surface area (Å²) in [5.41, 5.74) is 0.670. The summed E-state index contributed by atoms with van der Waals surface area (Å²) in [6.07, 6.45) is 0.834. The van der Waals surface area contributed by atoms with Gasteiger partial charge in [0.05, 0.1) is 0 Å². The van der Waals surface area contributed by atoms with Crippen LogP contribution in [0.25, 0.3) is 0 Å². The van der Waals surface area contributed by atoms with E-state index < -0.39 is 0 Å². The molecule has 0 radical (unpaired) electrons. The lowest BCUT2D eigenvalue weighted by atomic mass is 10.2. The molecular weight excluding hydrogens is 220 g/mol. The standard InChI is InChI=1S/C13H10O2S/c14-9-10-2-1-3-13(8-10)16-12-6-4-11(15)5-7-12/h1-9,15H. The van der Waals surface area contributed by atoms with E-state index in [1.54, 1.807) is 30.0 Å². The van der Waals surface area contributed by atoms with Crippen molar-refractivity contribution in [2.45, 2.75) is 9.79 Å². The molecule has 0 atom stereocenters. The van der Waals surface area contributed by atoms with E-state index in [1.807, 2.05) is 30.3 Å². The van der Waals surface area contributed by atoms with Gasteiger partial charge >= 0.3 is 0 Å². The lowest BCUT2D eigenvalue weighted by Gasteiger charge is -2.02. The molecule has 80 valence electrons. The Hall–Kier alpha value is -1.74. The second-order valence-corrected chi connectivity index (χ2v) is 4.43. The fourth-order valence-corrected chi connectivity index (χ4v) is 2.19. The van der Waals surface area contributed by atoms with Crippen molar-refractivity contribution < 1.29 is 9.90 Å². The molecule has 0 aliphatic rings. The van der Waals surface area contributed by atoms with E-state index in [9.17, 15) is 4.79 Å². The van der Waals surface area contributed by atoms with Gasteiger partial charge in [0.1, 0.15) is 12.0 Å². The van der Waals surface area contributed by atoms with Crippen LogP contribution in [0.15, 0.2) is 58.3 Å². The fourth-order valence-electron chi connectivity index (χ4n) is 1.30. The third kappa shape index (κ3) is 2.64. The topological polar surface area (TPSA) is 37.3 Å². The molecule has 0 heterocycles. The van der Waals surface area contributed by atoms with Gasteiger partial charge < -0.3 is 5.11 Å². The first-order valence-corrected chi connectivity index (χ1v) is 5.62. The number of phenolic OH excluding ortho intramolecular Hbond substituents is 1. The smallest absolute Gasteiger partial charge is 0.150 e. The molecule has 0 bridgehead atoms. The third-order valence-electron chi connectivity index (χ3n) is 2.07. The van der Waals surface area contributed by atoms with Crippen molar-refractivity contribution in [3.8, 4) is 5.75 Å². The average Bonchev–Trinajstić information content (AvgIpc) is 2.32. The van der Waals surface area contributed by atoms with Crippen LogP contribution in [0.4, 0.5) is 0 Å². The highest BCUT2D eigenvalue weighted by molar-refractivity contribution is 7.99. The van der Waals surface area contributed by atoms with Crippen LogP contribution in [0.5, 0.6) is 5.75 Å². The lowest BCUT2D eigenvalue weighted by molar-refractivity contribution is 0.112. The molecule has 1 N–H and O–H groups in total. The van der Waals surface area contributed by atoms with E-state index in [0.29, 0.717) is 5.56 Å². The van der Waals surface area contributed by atoms with E-state index in [4.69, 9.17) is 5.11 Å². The summed E-state index contributed by atoms with van der Waals surface area (Å²) in [4.78, 5) is 12.7. The van der Waals surface area contributed by atoms with Gasteiger partial charge in [-0.25, -0.2) is 0 Å². The van der Waals surface area contributed by atoms with Crippen LogP contribution in [0.1, 0.15) is 10.4 Å². The Labute approximate surface area is 97.9 Å².